The van der Waals surface area contributed by atoms with E-state index in [-0.39, 0.29) is 11.0 Å². The molecule has 2 aromatic carbocycles. The molecule has 158 valence electrons. The lowest BCUT2D eigenvalue weighted by atomic mass is 10.1. The molecule has 1 aromatic heterocycles. The number of thioether (sulfide) groups is 1. The van der Waals surface area contributed by atoms with Crippen LogP contribution in [0.25, 0.3) is 11.5 Å². The number of carbonyl (C=O) groups is 1. The van der Waals surface area contributed by atoms with E-state index in [1.165, 1.54) is 0 Å². The summed E-state index contributed by atoms with van der Waals surface area (Å²) in [6, 6.07) is 13.6. The summed E-state index contributed by atoms with van der Waals surface area (Å²) >= 11 is 1.15. The van der Waals surface area contributed by atoms with Crippen LogP contribution in [-0.2, 0) is 10.0 Å². The highest BCUT2D eigenvalue weighted by molar-refractivity contribution is 8.00. The Labute approximate surface area is 179 Å². The van der Waals surface area contributed by atoms with Crippen molar-refractivity contribution in [1.82, 2.24) is 10.2 Å². The summed E-state index contributed by atoms with van der Waals surface area (Å²) in [5.74, 6) is 0.824. The molecule has 0 bridgehead atoms. The van der Waals surface area contributed by atoms with E-state index in [9.17, 15) is 13.2 Å². The predicted molar refractivity (Wildman–Crippen MR) is 115 cm³/mol. The Bertz CT molecular complexity index is 1130. The van der Waals surface area contributed by atoms with Crippen LogP contribution in [0.15, 0.2) is 58.2 Å². The highest BCUT2D eigenvalue weighted by Gasteiger charge is 2.21. The van der Waals surface area contributed by atoms with Crippen LogP contribution in [0.5, 0.6) is 5.75 Å². The molecule has 1 atom stereocenters. The van der Waals surface area contributed by atoms with Gasteiger partial charge in [0.05, 0.1) is 23.7 Å². The molecule has 0 amide bonds. The van der Waals surface area contributed by atoms with Gasteiger partial charge in [-0.25, -0.2) is 8.42 Å². The molecule has 1 unspecified atom stereocenters. The Morgan fingerprint density at radius 2 is 1.87 bits per heavy atom. The van der Waals surface area contributed by atoms with E-state index < -0.39 is 15.3 Å². The van der Waals surface area contributed by atoms with Gasteiger partial charge in [0.2, 0.25) is 10.0 Å². The van der Waals surface area contributed by atoms with E-state index in [0.29, 0.717) is 35.1 Å². The molecule has 0 spiro atoms. The predicted octanol–water partition coefficient (Wildman–Crippen LogP) is 3.87. The molecule has 8 nitrogen and oxygen atoms in total. The van der Waals surface area contributed by atoms with Crippen molar-refractivity contribution in [2.45, 2.75) is 24.3 Å². The number of nitrogens with zero attached hydrogens (tertiary/aromatic N) is 2. The first-order valence-electron chi connectivity index (χ1n) is 9.11. The van der Waals surface area contributed by atoms with Crippen LogP contribution in [0.1, 0.15) is 24.2 Å². The van der Waals surface area contributed by atoms with Gasteiger partial charge in [0.15, 0.2) is 5.78 Å². The lowest BCUT2D eigenvalue weighted by molar-refractivity contribution is 0.0993. The van der Waals surface area contributed by atoms with Crippen LogP contribution in [0.2, 0.25) is 0 Å². The fraction of sp³-hybridized carbons (Fsp3) is 0.250. The third-order valence-corrected chi connectivity index (χ3v) is 5.48. The molecular formula is C20H21N3O5S2. The van der Waals surface area contributed by atoms with Crippen LogP contribution in [0, 0.1) is 0 Å². The molecule has 0 aliphatic carbocycles. The molecule has 1 heterocycles. The number of aromatic nitrogens is 2. The molecule has 10 heteroatoms. The number of para-hydroxylation sites is 1. The van der Waals surface area contributed by atoms with Gasteiger partial charge in [-0.15, -0.1) is 10.2 Å². The van der Waals surface area contributed by atoms with Crippen molar-refractivity contribution in [2.75, 3.05) is 17.6 Å². The molecule has 0 fully saturated rings. The quantitative estimate of drug-likeness (QED) is 0.389. The second kappa shape index (κ2) is 9.31. The van der Waals surface area contributed by atoms with Crippen LogP contribution in [-0.4, -0.2) is 42.5 Å². The normalized spacial score (nSPS) is 12.4. The zero-order valence-electron chi connectivity index (χ0n) is 16.7. The second-order valence-corrected chi connectivity index (χ2v) is 9.42. The number of carbonyl (C=O) groups excluding carboxylic acids is 1. The summed E-state index contributed by atoms with van der Waals surface area (Å²) in [4.78, 5) is 12.7. The number of ketones is 1. The fourth-order valence-electron chi connectivity index (χ4n) is 2.65. The van der Waals surface area contributed by atoms with E-state index in [1.54, 1.807) is 31.2 Å². The minimum Gasteiger partial charge on any atom is -0.493 e. The number of rotatable bonds is 9. The largest absolute Gasteiger partial charge is 0.493 e. The van der Waals surface area contributed by atoms with Crippen molar-refractivity contribution in [3.8, 4) is 17.2 Å². The fourth-order valence-corrected chi connectivity index (χ4v) is 3.97. The maximum absolute atomic E-state index is 12.7. The Morgan fingerprint density at radius 3 is 2.53 bits per heavy atom. The van der Waals surface area contributed by atoms with Gasteiger partial charge in [-0.3, -0.25) is 9.52 Å². The SMILES string of the molecule is CCOc1ccccc1-c1nnc(SC(C)C(=O)c2ccc(NS(C)(=O)=O)cc2)o1. The van der Waals surface area contributed by atoms with Crippen molar-refractivity contribution in [3.63, 3.8) is 0 Å². The zero-order valence-corrected chi connectivity index (χ0v) is 18.3. The molecule has 0 aliphatic heterocycles. The number of Topliss-reactive ketones (excluding diaryl/α,β-unsaturated/α-hetero) is 1. The van der Waals surface area contributed by atoms with Gasteiger partial charge >= 0.3 is 0 Å². The molecule has 1 N–H and O–H groups in total. The molecular weight excluding hydrogens is 426 g/mol. The number of hydrogen-bond donors (Lipinski definition) is 1. The Hall–Kier alpha value is -2.85. The maximum Gasteiger partial charge on any atom is 0.277 e. The van der Waals surface area contributed by atoms with E-state index in [2.05, 4.69) is 14.9 Å². The maximum atomic E-state index is 12.7. The third-order valence-electron chi connectivity index (χ3n) is 3.94. The van der Waals surface area contributed by atoms with Crippen LogP contribution in [0.3, 0.4) is 0 Å². The Morgan fingerprint density at radius 1 is 1.17 bits per heavy atom. The van der Waals surface area contributed by atoms with Gasteiger partial charge in [0.1, 0.15) is 5.75 Å². The third kappa shape index (κ3) is 5.61. The molecule has 0 radical (unpaired) electrons. The standard InChI is InChI=1S/C20H21N3O5S2/c1-4-27-17-8-6-5-7-16(17)19-21-22-20(28-19)29-13(2)18(24)14-9-11-15(12-10-14)23-30(3,25)26/h5-13,23H,4H2,1-3H3. The minimum atomic E-state index is -3.37. The van der Waals surface area contributed by atoms with Crippen LogP contribution < -0.4 is 9.46 Å². The van der Waals surface area contributed by atoms with Crippen LogP contribution >= 0.6 is 11.8 Å². The summed E-state index contributed by atoms with van der Waals surface area (Å²) in [5.41, 5.74) is 1.53. The van der Waals surface area contributed by atoms with Gasteiger partial charge in [-0.1, -0.05) is 23.9 Å². The molecule has 3 rings (SSSR count). The molecule has 0 saturated heterocycles. The molecule has 0 saturated carbocycles. The first kappa shape index (κ1) is 21.8. The first-order chi connectivity index (χ1) is 14.3. The monoisotopic (exact) mass is 447 g/mol. The van der Waals surface area contributed by atoms with Crippen molar-refractivity contribution in [3.05, 3.63) is 54.1 Å². The summed E-state index contributed by atoms with van der Waals surface area (Å²) in [6.07, 6.45) is 1.07. The highest BCUT2D eigenvalue weighted by atomic mass is 32.2. The number of nitrogens with one attached hydrogen (secondary N) is 1. The zero-order chi connectivity index (χ0) is 21.7. The first-order valence-corrected chi connectivity index (χ1v) is 11.9. The van der Waals surface area contributed by atoms with Crippen LogP contribution in [0.4, 0.5) is 5.69 Å². The Kier molecular flexibility index (Phi) is 6.78. The summed E-state index contributed by atoms with van der Waals surface area (Å²) in [7, 11) is -3.37. The van der Waals surface area contributed by atoms with Crippen molar-refractivity contribution < 1.29 is 22.4 Å². The topological polar surface area (TPSA) is 111 Å². The van der Waals surface area contributed by atoms with E-state index in [4.69, 9.17) is 9.15 Å². The average Bonchev–Trinajstić information content (AvgIpc) is 3.16. The lowest BCUT2D eigenvalue weighted by Crippen LogP contribution is -2.14. The van der Waals surface area contributed by atoms with Crippen molar-refractivity contribution >= 4 is 33.3 Å². The van der Waals surface area contributed by atoms with Crippen molar-refractivity contribution in [1.29, 1.82) is 0 Å². The smallest absolute Gasteiger partial charge is 0.277 e. The molecule has 0 aliphatic rings. The van der Waals surface area contributed by atoms with Gasteiger partial charge < -0.3 is 9.15 Å². The number of hydrogen-bond acceptors (Lipinski definition) is 8. The second-order valence-electron chi connectivity index (χ2n) is 6.38. The number of ether oxygens (including phenoxy) is 1. The summed E-state index contributed by atoms with van der Waals surface area (Å²) < 4.78 is 36.2. The van der Waals surface area contributed by atoms with Gasteiger partial charge in [-0.2, -0.15) is 0 Å². The highest BCUT2D eigenvalue weighted by Crippen LogP contribution is 2.32. The molecule has 30 heavy (non-hydrogen) atoms. The van der Waals surface area contributed by atoms with Gasteiger partial charge in [-0.05, 0) is 50.2 Å². The minimum absolute atomic E-state index is 0.139. The number of benzene rings is 2. The average molecular weight is 448 g/mol. The van der Waals surface area contributed by atoms with Gasteiger partial charge in [0, 0.05) is 11.3 Å². The van der Waals surface area contributed by atoms with Crippen molar-refractivity contribution in [2.24, 2.45) is 0 Å². The lowest BCUT2D eigenvalue weighted by Gasteiger charge is -2.09. The Balaban J connectivity index is 1.69. The summed E-state index contributed by atoms with van der Waals surface area (Å²) in [6.45, 7) is 4.15. The molecule has 3 aromatic rings. The van der Waals surface area contributed by atoms with E-state index in [1.807, 2.05) is 31.2 Å². The number of sulfonamides is 1. The van der Waals surface area contributed by atoms with E-state index >= 15 is 0 Å². The number of anilines is 1. The summed E-state index contributed by atoms with van der Waals surface area (Å²) in [5, 5.41) is 7.89. The van der Waals surface area contributed by atoms with E-state index in [0.717, 1.165) is 18.0 Å². The van der Waals surface area contributed by atoms with Gasteiger partial charge in [0.25, 0.3) is 11.1 Å².